The highest BCUT2D eigenvalue weighted by atomic mass is 16.4. The summed E-state index contributed by atoms with van der Waals surface area (Å²) in [4.78, 5) is 24.9. The van der Waals surface area contributed by atoms with Crippen LogP contribution in [-0.4, -0.2) is 34.6 Å². The quantitative estimate of drug-likeness (QED) is 0.865. The van der Waals surface area contributed by atoms with Crippen molar-refractivity contribution in [1.82, 2.24) is 10.2 Å². The lowest BCUT2D eigenvalue weighted by molar-refractivity contribution is -0.142. The van der Waals surface area contributed by atoms with E-state index in [0.29, 0.717) is 25.3 Å². The van der Waals surface area contributed by atoms with E-state index < -0.39 is 11.9 Å². The summed E-state index contributed by atoms with van der Waals surface area (Å²) in [6.45, 7) is 2.81. The average Bonchev–Trinajstić information content (AvgIpc) is 3.06. The lowest BCUT2D eigenvalue weighted by Crippen LogP contribution is -2.47. The Labute approximate surface area is 117 Å². The summed E-state index contributed by atoms with van der Waals surface area (Å²) in [5.74, 6) is -0.591. The summed E-state index contributed by atoms with van der Waals surface area (Å²) >= 11 is 0. The number of hydrogen-bond donors (Lipinski definition) is 2. The van der Waals surface area contributed by atoms with Crippen molar-refractivity contribution in [1.29, 1.82) is 0 Å². The Morgan fingerprint density at radius 1 is 1.50 bits per heavy atom. The van der Waals surface area contributed by atoms with E-state index in [9.17, 15) is 9.59 Å². The molecule has 0 aromatic carbocycles. The van der Waals surface area contributed by atoms with Gasteiger partial charge in [-0.3, -0.25) is 4.79 Å². The summed E-state index contributed by atoms with van der Waals surface area (Å²) in [5, 5.41) is 12.0. The van der Waals surface area contributed by atoms with E-state index in [1.807, 2.05) is 13.0 Å². The van der Waals surface area contributed by atoms with Crippen LogP contribution in [-0.2, 0) is 11.3 Å². The number of aliphatic carboxylic acids is 1. The Hall–Kier alpha value is -1.98. The van der Waals surface area contributed by atoms with E-state index in [0.717, 1.165) is 12.8 Å². The van der Waals surface area contributed by atoms with E-state index in [2.05, 4.69) is 5.32 Å². The molecule has 1 aromatic heterocycles. The van der Waals surface area contributed by atoms with Crippen molar-refractivity contribution in [2.45, 2.75) is 38.8 Å². The van der Waals surface area contributed by atoms with Gasteiger partial charge in [0.2, 0.25) is 0 Å². The zero-order valence-corrected chi connectivity index (χ0v) is 11.5. The fraction of sp³-hybridized carbons (Fsp3) is 0.571. The molecule has 2 atom stereocenters. The SMILES string of the molecule is CCN(Cc1ccco1)C(=O)NC1CCCC1C(=O)O. The zero-order valence-electron chi connectivity index (χ0n) is 11.5. The Morgan fingerprint density at radius 3 is 2.90 bits per heavy atom. The van der Waals surface area contributed by atoms with Gasteiger partial charge < -0.3 is 19.7 Å². The highest BCUT2D eigenvalue weighted by molar-refractivity contribution is 5.77. The van der Waals surface area contributed by atoms with Crippen LogP contribution >= 0.6 is 0 Å². The molecule has 0 spiro atoms. The molecular weight excluding hydrogens is 260 g/mol. The highest BCUT2D eigenvalue weighted by Gasteiger charge is 2.34. The Kier molecular flexibility index (Phi) is 4.65. The highest BCUT2D eigenvalue weighted by Crippen LogP contribution is 2.26. The largest absolute Gasteiger partial charge is 0.481 e. The van der Waals surface area contributed by atoms with Crippen LogP contribution in [0.3, 0.4) is 0 Å². The van der Waals surface area contributed by atoms with Gasteiger partial charge in [-0.05, 0) is 31.9 Å². The minimum Gasteiger partial charge on any atom is -0.481 e. The third-order valence-electron chi connectivity index (χ3n) is 3.74. The first-order chi connectivity index (χ1) is 9.61. The molecule has 20 heavy (non-hydrogen) atoms. The summed E-state index contributed by atoms with van der Waals surface area (Å²) in [6, 6.07) is 3.08. The number of carboxylic acids is 1. The van der Waals surface area contributed by atoms with Crippen LogP contribution in [0.1, 0.15) is 31.9 Å². The second-order valence-corrected chi connectivity index (χ2v) is 5.03. The number of carbonyl (C=O) groups is 2. The second kappa shape index (κ2) is 6.45. The smallest absolute Gasteiger partial charge is 0.318 e. The standard InChI is InChI=1S/C14H20N2O4/c1-2-16(9-10-5-4-8-20-10)14(19)15-12-7-3-6-11(12)13(17)18/h4-5,8,11-12H,2-3,6-7,9H2,1H3,(H,15,19)(H,17,18). The molecule has 0 saturated heterocycles. The number of furan rings is 1. The van der Waals surface area contributed by atoms with E-state index in [4.69, 9.17) is 9.52 Å². The number of hydrogen-bond acceptors (Lipinski definition) is 3. The van der Waals surface area contributed by atoms with Gasteiger partial charge >= 0.3 is 12.0 Å². The molecule has 2 rings (SSSR count). The number of urea groups is 1. The molecular formula is C14H20N2O4. The molecule has 110 valence electrons. The van der Waals surface area contributed by atoms with Gasteiger partial charge in [-0.1, -0.05) is 6.42 Å². The van der Waals surface area contributed by atoms with Gasteiger partial charge in [-0.25, -0.2) is 4.79 Å². The summed E-state index contributed by atoms with van der Waals surface area (Å²) in [7, 11) is 0. The molecule has 0 radical (unpaired) electrons. The maximum atomic E-state index is 12.2. The maximum absolute atomic E-state index is 12.2. The molecule has 2 amide bonds. The van der Waals surface area contributed by atoms with E-state index in [1.54, 1.807) is 17.2 Å². The fourth-order valence-electron chi connectivity index (χ4n) is 2.60. The van der Waals surface area contributed by atoms with Crippen molar-refractivity contribution in [3.8, 4) is 0 Å². The molecule has 0 aliphatic heterocycles. The molecule has 1 aromatic rings. The predicted octanol–water partition coefficient (Wildman–Crippen LogP) is 2.06. The first-order valence-corrected chi connectivity index (χ1v) is 6.92. The van der Waals surface area contributed by atoms with Crippen LogP contribution in [0.2, 0.25) is 0 Å². The summed E-state index contributed by atoms with van der Waals surface area (Å²) in [6.07, 6.45) is 3.76. The molecule has 1 aliphatic rings. The van der Waals surface area contributed by atoms with Gasteiger partial charge in [0.1, 0.15) is 5.76 Å². The van der Waals surface area contributed by atoms with Gasteiger partial charge in [-0.2, -0.15) is 0 Å². The number of amides is 2. The predicted molar refractivity (Wildman–Crippen MR) is 72.1 cm³/mol. The van der Waals surface area contributed by atoms with Gasteiger partial charge in [0, 0.05) is 12.6 Å². The number of carbonyl (C=O) groups excluding carboxylic acids is 1. The van der Waals surface area contributed by atoms with Crippen LogP contribution in [0.4, 0.5) is 4.79 Å². The van der Waals surface area contributed by atoms with Crippen molar-refractivity contribution in [2.75, 3.05) is 6.54 Å². The van der Waals surface area contributed by atoms with E-state index >= 15 is 0 Å². The number of nitrogens with one attached hydrogen (secondary N) is 1. The zero-order chi connectivity index (χ0) is 14.5. The number of rotatable bonds is 5. The molecule has 2 unspecified atom stereocenters. The molecule has 1 heterocycles. The topological polar surface area (TPSA) is 82.8 Å². The van der Waals surface area contributed by atoms with Crippen molar-refractivity contribution < 1.29 is 19.1 Å². The van der Waals surface area contributed by atoms with Gasteiger partial charge in [0.15, 0.2) is 0 Å². The lowest BCUT2D eigenvalue weighted by Gasteiger charge is -2.24. The van der Waals surface area contributed by atoms with Gasteiger partial charge in [0.25, 0.3) is 0 Å². The van der Waals surface area contributed by atoms with Gasteiger partial charge in [0.05, 0.1) is 18.7 Å². The van der Waals surface area contributed by atoms with Crippen molar-refractivity contribution in [2.24, 2.45) is 5.92 Å². The van der Waals surface area contributed by atoms with Crippen LogP contribution in [0.5, 0.6) is 0 Å². The second-order valence-electron chi connectivity index (χ2n) is 5.03. The first kappa shape index (κ1) is 14.4. The van der Waals surface area contributed by atoms with Crippen molar-refractivity contribution in [3.63, 3.8) is 0 Å². The molecule has 1 saturated carbocycles. The van der Waals surface area contributed by atoms with Crippen LogP contribution < -0.4 is 5.32 Å². The Bertz CT molecular complexity index is 458. The fourth-order valence-corrected chi connectivity index (χ4v) is 2.60. The molecule has 0 bridgehead atoms. The third-order valence-corrected chi connectivity index (χ3v) is 3.74. The average molecular weight is 280 g/mol. The normalized spacial score (nSPS) is 21.6. The Morgan fingerprint density at radius 2 is 2.30 bits per heavy atom. The first-order valence-electron chi connectivity index (χ1n) is 6.92. The van der Waals surface area contributed by atoms with E-state index in [-0.39, 0.29) is 12.1 Å². The van der Waals surface area contributed by atoms with Crippen LogP contribution in [0.25, 0.3) is 0 Å². The molecule has 2 N–H and O–H groups in total. The molecule has 6 nitrogen and oxygen atoms in total. The maximum Gasteiger partial charge on any atom is 0.318 e. The Balaban J connectivity index is 1.93. The molecule has 1 fully saturated rings. The lowest BCUT2D eigenvalue weighted by atomic mass is 10.0. The van der Waals surface area contributed by atoms with Crippen LogP contribution in [0, 0.1) is 5.92 Å². The van der Waals surface area contributed by atoms with E-state index in [1.165, 1.54) is 0 Å². The molecule has 6 heteroatoms. The summed E-state index contributed by atoms with van der Waals surface area (Å²) in [5.41, 5.74) is 0. The minimum atomic E-state index is -0.832. The minimum absolute atomic E-state index is 0.234. The molecule has 1 aliphatic carbocycles. The van der Waals surface area contributed by atoms with Crippen LogP contribution in [0.15, 0.2) is 22.8 Å². The number of carboxylic acid groups (broad SMARTS) is 1. The van der Waals surface area contributed by atoms with Gasteiger partial charge in [-0.15, -0.1) is 0 Å². The number of nitrogens with zero attached hydrogens (tertiary/aromatic N) is 1. The van der Waals surface area contributed by atoms with Crippen molar-refractivity contribution >= 4 is 12.0 Å². The monoisotopic (exact) mass is 280 g/mol. The third kappa shape index (κ3) is 3.31. The summed E-state index contributed by atoms with van der Waals surface area (Å²) < 4.78 is 5.23. The van der Waals surface area contributed by atoms with Crippen molar-refractivity contribution in [3.05, 3.63) is 24.2 Å².